The number of carbonyl (C=O) groups is 2. The zero-order chi connectivity index (χ0) is 27.1. The van der Waals surface area contributed by atoms with Crippen LogP contribution in [0.5, 0.6) is 11.5 Å². The minimum absolute atomic E-state index is 0.0707. The molecule has 0 spiro atoms. The van der Waals surface area contributed by atoms with Gasteiger partial charge in [0.2, 0.25) is 5.91 Å². The lowest BCUT2D eigenvalue weighted by atomic mass is 9.72. The van der Waals surface area contributed by atoms with Gasteiger partial charge in [-0.05, 0) is 55.9 Å². The molecular weight excluding hydrogens is 484 g/mol. The molecule has 2 N–H and O–H groups in total. The van der Waals surface area contributed by atoms with E-state index < -0.39 is 17.6 Å². The zero-order valence-corrected chi connectivity index (χ0v) is 22.7. The fourth-order valence-electron chi connectivity index (χ4n) is 5.51. The summed E-state index contributed by atoms with van der Waals surface area (Å²) in [5, 5.41) is 13.4. The first-order valence-electron chi connectivity index (χ1n) is 13.5. The van der Waals surface area contributed by atoms with Gasteiger partial charge in [0.25, 0.3) is 0 Å². The molecule has 2 aliphatic rings. The second kappa shape index (κ2) is 12.5. The van der Waals surface area contributed by atoms with E-state index in [4.69, 9.17) is 14.2 Å². The van der Waals surface area contributed by atoms with Crippen molar-refractivity contribution in [1.82, 2.24) is 10.2 Å². The van der Waals surface area contributed by atoms with Crippen LogP contribution in [0.25, 0.3) is 0 Å². The average molecular weight is 525 g/mol. The highest BCUT2D eigenvalue weighted by atomic mass is 16.5. The Kier molecular flexibility index (Phi) is 9.15. The third kappa shape index (κ3) is 6.59. The number of alkyl carbamates (subject to hydrolysis) is 1. The summed E-state index contributed by atoms with van der Waals surface area (Å²) in [4.78, 5) is 26.9. The number of benzene rings is 2. The number of rotatable bonds is 10. The lowest BCUT2D eigenvalue weighted by Crippen LogP contribution is -2.38. The first-order valence-corrected chi connectivity index (χ1v) is 13.5. The van der Waals surface area contributed by atoms with Gasteiger partial charge < -0.3 is 29.5 Å². The number of hydrogen-bond donors (Lipinski definition) is 2. The summed E-state index contributed by atoms with van der Waals surface area (Å²) in [5.41, 5.74) is 1.38. The SMILES string of the molecule is COc1ccc([C@@H]2CN(C(=O)CCNC(=O)OCc3ccccc3)C[C@@]2(C)[C@@H](C)O)cc1OC1CCCC1. The monoisotopic (exact) mass is 524 g/mol. The molecule has 0 unspecified atom stereocenters. The molecule has 2 aromatic rings. The van der Waals surface area contributed by atoms with Crippen LogP contribution in [0.2, 0.25) is 0 Å². The van der Waals surface area contributed by atoms with E-state index in [0.717, 1.165) is 24.0 Å². The average Bonchev–Trinajstić information content (AvgIpc) is 3.56. The number of hydrogen-bond acceptors (Lipinski definition) is 6. The molecule has 0 radical (unpaired) electrons. The molecule has 0 bridgehead atoms. The van der Waals surface area contributed by atoms with Crippen LogP contribution in [0.4, 0.5) is 4.79 Å². The van der Waals surface area contributed by atoms with Crippen molar-refractivity contribution >= 4 is 12.0 Å². The highest BCUT2D eigenvalue weighted by molar-refractivity contribution is 5.78. The molecule has 4 rings (SSSR count). The quantitative estimate of drug-likeness (QED) is 0.470. The molecular formula is C30H40N2O6. The number of aliphatic hydroxyl groups excluding tert-OH is 1. The fraction of sp³-hybridized carbons (Fsp3) is 0.533. The van der Waals surface area contributed by atoms with Crippen molar-refractivity contribution in [2.45, 2.75) is 70.7 Å². The molecule has 206 valence electrons. The van der Waals surface area contributed by atoms with Crippen molar-refractivity contribution in [3.63, 3.8) is 0 Å². The van der Waals surface area contributed by atoms with Gasteiger partial charge in [-0.25, -0.2) is 4.79 Å². The Hall–Kier alpha value is -3.26. The molecule has 2 amide bonds. The number of ether oxygens (including phenoxy) is 3. The summed E-state index contributed by atoms with van der Waals surface area (Å²) in [6, 6.07) is 15.4. The van der Waals surface area contributed by atoms with Gasteiger partial charge >= 0.3 is 6.09 Å². The van der Waals surface area contributed by atoms with Gasteiger partial charge in [0.1, 0.15) is 6.61 Å². The molecule has 1 aliphatic heterocycles. The fourth-order valence-corrected chi connectivity index (χ4v) is 5.51. The highest BCUT2D eigenvalue weighted by Gasteiger charge is 2.48. The first-order chi connectivity index (χ1) is 18.3. The molecule has 1 saturated carbocycles. The van der Waals surface area contributed by atoms with Gasteiger partial charge in [0, 0.05) is 37.4 Å². The smallest absolute Gasteiger partial charge is 0.407 e. The predicted molar refractivity (Wildman–Crippen MR) is 144 cm³/mol. The number of methoxy groups -OCH3 is 1. The molecule has 1 heterocycles. The summed E-state index contributed by atoms with van der Waals surface area (Å²) >= 11 is 0. The Labute approximate surface area is 225 Å². The van der Waals surface area contributed by atoms with Gasteiger partial charge in [-0.15, -0.1) is 0 Å². The lowest BCUT2D eigenvalue weighted by molar-refractivity contribution is -0.130. The molecule has 8 heteroatoms. The van der Waals surface area contributed by atoms with E-state index in [-0.39, 0.29) is 37.5 Å². The van der Waals surface area contributed by atoms with Crippen LogP contribution in [0.3, 0.4) is 0 Å². The van der Waals surface area contributed by atoms with Gasteiger partial charge in [0.05, 0.1) is 19.3 Å². The number of nitrogens with one attached hydrogen (secondary N) is 1. The van der Waals surface area contributed by atoms with E-state index >= 15 is 0 Å². The van der Waals surface area contributed by atoms with Crippen molar-refractivity contribution < 1.29 is 28.9 Å². The van der Waals surface area contributed by atoms with Gasteiger partial charge in [-0.2, -0.15) is 0 Å². The maximum atomic E-state index is 13.1. The third-order valence-corrected chi connectivity index (χ3v) is 8.04. The number of aliphatic hydroxyl groups is 1. The normalized spacial score (nSPS) is 22.2. The van der Waals surface area contributed by atoms with Crippen molar-refractivity contribution in [3.05, 3.63) is 59.7 Å². The highest BCUT2D eigenvalue weighted by Crippen LogP contribution is 2.47. The topological polar surface area (TPSA) is 97.3 Å². The van der Waals surface area contributed by atoms with Gasteiger partial charge in [-0.1, -0.05) is 43.3 Å². The van der Waals surface area contributed by atoms with Crippen molar-refractivity contribution in [3.8, 4) is 11.5 Å². The summed E-state index contributed by atoms with van der Waals surface area (Å²) in [6.45, 7) is 5.07. The molecule has 3 atom stereocenters. The number of likely N-dealkylation sites (tertiary alicyclic amines) is 1. The molecule has 1 saturated heterocycles. The molecule has 0 aromatic heterocycles. The minimum Gasteiger partial charge on any atom is -0.493 e. The Balaban J connectivity index is 1.37. The van der Waals surface area contributed by atoms with E-state index in [1.807, 2.05) is 55.5 Å². The second-order valence-corrected chi connectivity index (χ2v) is 10.7. The van der Waals surface area contributed by atoms with Crippen LogP contribution < -0.4 is 14.8 Å². The van der Waals surface area contributed by atoms with Gasteiger partial charge in [0.15, 0.2) is 11.5 Å². The summed E-state index contributed by atoms with van der Waals surface area (Å²) in [6.07, 6.45) is 3.59. The van der Waals surface area contributed by atoms with Crippen LogP contribution in [-0.2, 0) is 16.1 Å². The van der Waals surface area contributed by atoms with Crippen molar-refractivity contribution in [2.24, 2.45) is 5.41 Å². The van der Waals surface area contributed by atoms with Gasteiger partial charge in [-0.3, -0.25) is 4.79 Å². The Morgan fingerprint density at radius 2 is 1.87 bits per heavy atom. The predicted octanol–water partition coefficient (Wildman–Crippen LogP) is 4.65. The van der Waals surface area contributed by atoms with E-state index in [1.165, 1.54) is 12.8 Å². The molecule has 1 aliphatic carbocycles. The molecule has 38 heavy (non-hydrogen) atoms. The Bertz CT molecular complexity index is 1090. The summed E-state index contributed by atoms with van der Waals surface area (Å²) in [5.74, 6) is 1.26. The van der Waals surface area contributed by atoms with E-state index in [1.54, 1.807) is 18.9 Å². The molecule has 2 fully saturated rings. The van der Waals surface area contributed by atoms with Crippen LogP contribution in [0.1, 0.15) is 63.0 Å². The Morgan fingerprint density at radius 1 is 1.13 bits per heavy atom. The summed E-state index contributed by atoms with van der Waals surface area (Å²) < 4.78 is 17.1. The Morgan fingerprint density at radius 3 is 2.55 bits per heavy atom. The number of carbonyl (C=O) groups excluding carboxylic acids is 2. The number of amides is 2. The summed E-state index contributed by atoms with van der Waals surface area (Å²) in [7, 11) is 1.64. The maximum Gasteiger partial charge on any atom is 0.407 e. The van der Waals surface area contributed by atoms with Crippen molar-refractivity contribution in [2.75, 3.05) is 26.7 Å². The number of nitrogens with zero attached hydrogens (tertiary/aromatic N) is 1. The van der Waals surface area contributed by atoms with E-state index in [2.05, 4.69) is 5.32 Å². The van der Waals surface area contributed by atoms with Crippen LogP contribution in [-0.4, -0.2) is 61.0 Å². The molecule has 8 nitrogen and oxygen atoms in total. The van der Waals surface area contributed by atoms with E-state index in [0.29, 0.717) is 24.6 Å². The largest absolute Gasteiger partial charge is 0.493 e. The second-order valence-electron chi connectivity index (χ2n) is 10.7. The van der Waals surface area contributed by atoms with Crippen molar-refractivity contribution in [1.29, 1.82) is 0 Å². The molecule has 2 aromatic carbocycles. The maximum absolute atomic E-state index is 13.1. The van der Waals surface area contributed by atoms with Crippen LogP contribution in [0.15, 0.2) is 48.5 Å². The zero-order valence-electron chi connectivity index (χ0n) is 22.7. The van der Waals surface area contributed by atoms with Crippen LogP contribution in [0, 0.1) is 5.41 Å². The third-order valence-electron chi connectivity index (χ3n) is 8.04. The van der Waals surface area contributed by atoms with E-state index in [9.17, 15) is 14.7 Å². The lowest BCUT2D eigenvalue weighted by Gasteiger charge is -2.34. The first kappa shape index (κ1) is 27.8. The van der Waals surface area contributed by atoms with Crippen LogP contribution >= 0.6 is 0 Å². The standard InChI is InChI=1S/C30H40N2O6/c1-21(33)30(2)20-32(28(34)15-16-31-29(35)37-19-22-9-5-4-6-10-22)18-25(30)23-13-14-26(36-3)27(17-23)38-24-11-7-8-12-24/h4-6,9-10,13-14,17,21,24-25,33H,7-8,11-12,15-16,18-20H2,1-3H3,(H,31,35)/t21-,25+,30+/m1/s1. The minimum atomic E-state index is -0.627.